The third-order valence-corrected chi connectivity index (χ3v) is 4.10. The lowest BCUT2D eigenvalue weighted by Gasteiger charge is -2.08. The van der Waals surface area contributed by atoms with E-state index in [4.69, 9.17) is 5.73 Å². The zero-order valence-corrected chi connectivity index (χ0v) is 11.6. The Morgan fingerprint density at radius 2 is 1.90 bits per heavy atom. The average molecular weight is 308 g/mol. The monoisotopic (exact) mass is 308 g/mol. The number of anilines is 1. The highest BCUT2D eigenvalue weighted by Gasteiger charge is 2.28. The number of nitro groups is 1. The van der Waals surface area contributed by atoms with Gasteiger partial charge in [0.15, 0.2) is 4.90 Å². The van der Waals surface area contributed by atoms with Gasteiger partial charge in [-0.2, -0.15) is 0 Å². The molecule has 0 amide bonds. The maximum absolute atomic E-state index is 12.2. The third kappa shape index (κ3) is 3.33. The van der Waals surface area contributed by atoms with Gasteiger partial charge in [-0.15, -0.1) is 0 Å². The molecular formula is C12H12N4O4S. The van der Waals surface area contributed by atoms with Crippen LogP contribution in [-0.4, -0.2) is 18.3 Å². The van der Waals surface area contributed by atoms with Crippen molar-refractivity contribution < 1.29 is 13.3 Å². The topological polar surface area (TPSA) is 128 Å². The van der Waals surface area contributed by atoms with Crippen molar-refractivity contribution in [2.24, 2.45) is 0 Å². The summed E-state index contributed by atoms with van der Waals surface area (Å²) in [4.78, 5) is 13.2. The van der Waals surface area contributed by atoms with Crippen LogP contribution in [-0.2, 0) is 16.6 Å². The van der Waals surface area contributed by atoms with Crippen molar-refractivity contribution >= 4 is 21.4 Å². The molecular weight excluding hydrogens is 296 g/mol. The third-order valence-electron chi connectivity index (χ3n) is 2.69. The van der Waals surface area contributed by atoms with E-state index < -0.39 is 25.5 Å². The number of aromatic nitrogens is 1. The van der Waals surface area contributed by atoms with E-state index in [0.717, 1.165) is 18.0 Å². The van der Waals surface area contributed by atoms with E-state index in [-0.39, 0.29) is 12.2 Å². The van der Waals surface area contributed by atoms with Crippen LogP contribution in [0.3, 0.4) is 0 Å². The average Bonchev–Trinajstić information content (AvgIpc) is 2.46. The van der Waals surface area contributed by atoms with E-state index in [1.54, 1.807) is 30.3 Å². The van der Waals surface area contributed by atoms with E-state index in [9.17, 15) is 18.5 Å². The number of nitrogens with one attached hydrogen (secondary N) is 1. The molecule has 0 fully saturated rings. The first kappa shape index (κ1) is 14.9. The summed E-state index contributed by atoms with van der Waals surface area (Å²) in [7, 11) is -4.09. The van der Waals surface area contributed by atoms with Crippen LogP contribution < -0.4 is 10.5 Å². The molecule has 21 heavy (non-hydrogen) atoms. The minimum atomic E-state index is -4.09. The van der Waals surface area contributed by atoms with E-state index >= 15 is 0 Å². The Labute approximate surface area is 120 Å². The maximum atomic E-state index is 12.2. The van der Waals surface area contributed by atoms with Crippen LogP contribution in [0.2, 0.25) is 0 Å². The quantitative estimate of drug-likeness (QED) is 0.627. The first-order chi connectivity index (χ1) is 9.92. The summed E-state index contributed by atoms with van der Waals surface area (Å²) in [5.41, 5.74) is 5.17. The molecule has 0 bridgehead atoms. The molecule has 2 aromatic rings. The molecule has 0 aliphatic heterocycles. The summed E-state index contributed by atoms with van der Waals surface area (Å²) in [5.74, 6) is 0. The molecule has 3 N–H and O–H groups in total. The van der Waals surface area contributed by atoms with Gasteiger partial charge in [-0.3, -0.25) is 15.1 Å². The van der Waals surface area contributed by atoms with Gasteiger partial charge < -0.3 is 5.73 Å². The lowest BCUT2D eigenvalue weighted by molar-refractivity contribution is -0.386. The first-order valence-corrected chi connectivity index (χ1v) is 7.31. The van der Waals surface area contributed by atoms with Gasteiger partial charge in [0.05, 0.1) is 17.3 Å². The number of hydrogen-bond acceptors (Lipinski definition) is 6. The van der Waals surface area contributed by atoms with Crippen LogP contribution in [0.1, 0.15) is 5.56 Å². The molecule has 110 valence electrons. The number of nitrogen functional groups attached to an aromatic ring is 1. The highest BCUT2D eigenvalue weighted by atomic mass is 32.2. The van der Waals surface area contributed by atoms with E-state index in [1.807, 2.05) is 0 Å². The summed E-state index contributed by atoms with van der Waals surface area (Å²) in [6.45, 7) is 0.00905. The van der Waals surface area contributed by atoms with Crippen LogP contribution in [0, 0.1) is 10.1 Å². The first-order valence-electron chi connectivity index (χ1n) is 5.83. The zero-order valence-electron chi connectivity index (χ0n) is 10.8. The molecule has 0 atom stereocenters. The molecule has 9 heteroatoms. The fourth-order valence-electron chi connectivity index (χ4n) is 1.69. The van der Waals surface area contributed by atoms with Crippen molar-refractivity contribution in [3.63, 3.8) is 0 Å². The maximum Gasteiger partial charge on any atom is 0.315 e. The van der Waals surface area contributed by atoms with Gasteiger partial charge >= 0.3 is 5.69 Å². The molecule has 0 saturated heterocycles. The molecule has 1 aromatic heterocycles. The van der Waals surface area contributed by atoms with Crippen molar-refractivity contribution in [3.05, 3.63) is 58.4 Å². The Hall–Kier alpha value is -2.52. The van der Waals surface area contributed by atoms with Gasteiger partial charge in [0.1, 0.15) is 5.69 Å². The summed E-state index contributed by atoms with van der Waals surface area (Å²) in [5, 5.41) is 11.0. The van der Waals surface area contributed by atoms with Gasteiger partial charge in [0, 0.05) is 6.54 Å². The summed E-state index contributed by atoms with van der Waals surface area (Å²) in [6.07, 6.45) is 1.94. The Morgan fingerprint density at radius 1 is 1.24 bits per heavy atom. The standard InChI is InChI=1S/C12H12N4O4S/c13-10-7-14-8-11(12(10)16(17)18)21(19,20)15-6-9-4-2-1-3-5-9/h1-5,7-8,15H,6,13H2. The largest absolute Gasteiger partial charge is 0.392 e. The van der Waals surface area contributed by atoms with Gasteiger partial charge in [-0.25, -0.2) is 13.1 Å². The Kier molecular flexibility index (Phi) is 4.15. The molecule has 1 heterocycles. The Morgan fingerprint density at radius 3 is 2.52 bits per heavy atom. The second-order valence-corrected chi connectivity index (χ2v) is 5.88. The Balaban J connectivity index is 2.32. The zero-order chi connectivity index (χ0) is 15.5. The minimum absolute atomic E-state index is 0.00905. The molecule has 2 rings (SSSR count). The van der Waals surface area contributed by atoms with Gasteiger partial charge in [0.2, 0.25) is 10.0 Å². The van der Waals surface area contributed by atoms with Crippen LogP contribution in [0.25, 0.3) is 0 Å². The lowest BCUT2D eigenvalue weighted by Crippen LogP contribution is -2.24. The van der Waals surface area contributed by atoms with Crippen LogP contribution in [0.4, 0.5) is 11.4 Å². The van der Waals surface area contributed by atoms with Crippen LogP contribution in [0.15, 0.2) is 47.6 Å². The molecule has 0 radical (unpaired) electrons. The molecule has 0 aliphatic carbocycles. The second kappa shape index (κ2) is 5.85. The van der Waals surface area contributed by atoms with Crippen LogP contribution >= 0.6 is 0 Å². The number of pyridine rings is 1. The van der Waals surface area contributed by atoms with Gasteiger partial charge in [0.25, 0.3) is 0 Å². The molecule has 0 spiro atoms. The SMILES string of the molecule is Nc1cncc(S(=O)(=O)NCc2ccccc2)c1[N+](=O)[O-]. The number of rotatable bonds is 5. The van der Waals surface area contributed by atoms with Crippen molar-refractivity contribution in [1.82, 2.24) is 9.71 Å². The summed E-state index contributed by atoms with van der Waals surface area (Å²) in [6, 6.07) is 8.77. The molecule has 0 aliphatic rings. The van der Waals surface area contributed by atoms with E-state index in [0.29, 0.717) is 0 Å². The number of benzene rings is 1. The minimum Gasteiger partial charge on any atom is -0.392 e. The molecule has 1 aromatic carbocycles. The number of nitrogens with two attached hydrogens (primary N) is 1. The number of sulfonamides is 1. The fourth-order valence-corrected chi connectivity index (χ4v) is 2.85. The van der Waals surface area contributed by atoms with Gasteiger partial charge in [-0.1, -0.05) is 30.3 Å². The van der Waals surface area contributed by atoms with Crippen molar-refractivity contribution in [2.45, 2.75) is 11.4 Å². The van der Waals surface area contributed by atoms with Gasteiger partial charge in [-0.05, 0) is 5.56 Å². The normalized spacial score (nSPS) is 11.2. The second-order valence-electron chi connectivity index (χ2n) is 4.14. The highest BCUT2D eigenvalue weighted by molar-refractivity contribution is 7.89. The molecule has 8 nitrogen and oxygen atoms in total. The summed E-state index contributed by atoms with van der Waals surface area (Å²) >= 11 is 0. The van der Waals surface area contributed by atoms with Crippen molar-refractivity contribution in [3.8, 4) is 0 Å². The molecule has 0 unspecified atom stereocenters. The summed E-state index contributed by atoms with van der Waals surface area (Å²) < 4.78 is 26.6. The number of hydrogen-bond donors (Lipinski definition) is 2. The van der Waals surface area contributed by atoms with Crippen molar-refractivity contribution in [1.29, 1.82) is 0 Å². The van der Waals surface area contributed by atoms with E-state index in [2.05, 4.69) is 9.71 Å². The predicted molar refractivity (Wildman–Crippen MR) is 75.8 cm³/mol. The smallest absolute Gasteiger partial charge is 0.315 e. The molecule has 0 saturated carbocycles. The van der Waals surface area contributed by atoms with Crippen molar-refractivity contribution in [2.75, 3.05) is 5.73 Å². The highest BCUT2D eigenvalue weighted by Crippen LogP contribution is 2.28. The number of nitrogens with zero attached hydrogens (tertiary/aromatic N) is 2. The van der Waals surface area contributed by atoms with Crippen LogP contribution in [0.5, 0.6) is 0 Å². The lowest BCUT2D eigenvalue weighted by atomic mass is 10.2. The predicted octanol–water partition coefficient (Wildman–Crippen LogP) is 1.05. The Bertz CT molecular complexity index is 762. The van der Waals surface area contributed by atoms with E-state index in [1.165, 1.54) is 0 Å². The fraction of sp³-hybridized carbons (Fsp3) is 0.0833.